The quantitative estimate of drug-likeness (QED) is 0.913. The Morgan fingerprint density at radius 1 is 1.28 bits per heavy atom. The molecule has 0 aliphatic carbocycles. The van der Waals surface area contributed by atoms with E-state index in [1.54, 1.807) is 23.5 Å². The second-order valence-electron chi connectivity index (χ2n) is 3.83. The van der Waals surface area contributed by atoms with Gasteiger partial charge < -0.3 is 5.73 Å². The van der Waals surface area contributed by atoms with Crippen molar-refractivity contribution in [1.82, 2.24) is 9.97 Å². The summed E-state index contributed by atoms with van der Waals surface area (Å²) in [7, 11) is 0. The maximum atomic E-state index is 5.94. The maximum Gasteiger partial charge on any atom is 0.141 e. The maximum absolute atomic E-state index is 5.94. The number of thioether (sulfide) groups is 2. The number of benzene rings is 1. The van der Waals surface area contributed by atoms with Gasteiger partial charge in [-0.15, -0.1) is 0 Å². The zero-order chi connectivity index (χ0) is 12.4. The first-order chi connectivity index (χ1) is 8.83. The fraction of sp³-hybridized carbons (Fsp3) is 0.250. The monoisotopic (exact) mass is 276 g/mol. The number of nitrogen functional groups attached to an aromatic ring is 1. The van der Waals surface area contributed by atoms with Crippen molar-refractivity contribution in [2.75, 3.05) is 18.0 Å². The molecule has 0 radical (unpaired) electrons. The normalized spacial score (nSPS) is 15.0. The first-order valence-corrected chi connectivity index (χ1v) is 7.61. The van der Waals surface area contributed by atoms with E-state index in [0.29, 0.717) is 5.82 Å². The zero-order valence-electron chi connectivity index (χ0n) is 9.67. The van der Waals surface area contributed by atoms with Crippen molar-refractivity contribution < 1.29 is 0 Å². The highest BCUT2D eigenvalue weighted by atomic mass is 32.2. The van der Waals surface area contributed by atoms with Gasteiger partial charge in [-0.2, -0.15) is 0 Å². The van der Waals surface area contributed by atoms with Crippen molar-refractivity contribution in [1.29, 1.82) is 0 Å². The molecular weight excluding hydrogens is 264 g/mol. The van der Waals surface area contributed by atoms with Gasteiger partial charge in [0.05, 0.1) is 17.8 Å². The molecule has 0 atom stereocenters. The van der Waals surface area contributed by atoms with E-state index < -0.39 is 0 Å². The Morgan fingerprint density at radius 2 is 2.17 bits per heavy atom. The van der Waals surface area contributed by atoms with Gasteiger partial charge in [0.15, 0.2) is 0 Å². The Balaban J connectivity index is 1.83. The van der Waals surface area contributed by atoms with E-state index in [2.05, 4.69) is 15.0 Å². The fourth-order valence-corrected chi connectivity index (χ4v) is 3.61. The van der Waals surface area contributed by atoms with Crippen molar-refractivity contribution >= 4 is 44.6 Å². The molecule has 4 nitrogen and oxygen atoms in total. The van der Waals surface area contributed by atoms with Crippen LogP contribution >= 0.6 is 23.5 Å². The average Bonchev–Trinajstić information content (AvgIpc) is 2.90. The summed E-state index contributed by atoms with van der Waals surface area (Å²) in [5, 5.41) is 0.916. The van der Waals surface area contributed by atoms with E-state index in [1.807, 2.05) is 24.3 Å². The Kier molecular flexibility index (Phi) is 3.38. The Labute approximate surface area is 113 Å². The molecule has 0 saturated carbocycles. The summed E-state index contributed by atoms with van der Waals surface area (Å²) in [4.78, 5) is 13.3. The van der Waals surface area contributed by atoms with Crippen molar-refractivity contribution in [3.63, 3.8) is 0 Å². The third kappa shape index (κ3) is 2.44. The van der Waals surface area contributed by atoms with Crippen LogP contribution in [0.5, 0.6) is 0 Å². The number of nitrogens with two attached hydrogens (primary N) is 1. The summed E-state index contributed by atoms with van der Waals surface area (Å²) in [6, 6.07) is 7.81. The van der Waals surface area contributed by atoms with Gasteiger partial charge in [-0.1, -0.05) is 35.7 Å². The van der Waals surface area contributed by atoms with E-state index in [-0.39, 0.29) is 0 Å². The van der Waals surface area contributed by atoms with Crippen molar-refractivity contribution in [3.05, 3.63) is 30.1 Å². The van der Waals surface area contributed by atoms with Gasteiger partial charge in [0.25, 0.3) is 0 Å². The molecule has 3 rings (SSSR count). The molecule has 1 aromatic heterocycles. The number of hydrogen-bond acceptors (Lipinski definition) is 6. The summed E-state index contributed by atoms with van der Waals surface area (Å²) >= 11 is 3.48. The molecule has 0 spiro atoms. The van der Waals surface area contributed by atoms with Crippen LogP contribution in [0.1, 0.15) is 5.82 Å². The summed E-state index contributed by atoms with van der Waals surface area (Å²) in [6.45, 7) is 0.924. The lowest BCUT2D eigenvalue weighted by Crippen LogP contribution is -2.00. The fourth-order valence-electron chi connectivity index (χ4n) is 1.74. The molecule has 18 heavy (non-hydrogen) atoms. The van der Waals surface area contributed by atoms with Gasteiger partial charge in [0.1, 0.15) is 16.0 Å². The summed E-state index contributed by atoms with van der Waals surface area (Å²) in [6.07, 6.45) is 0. The number of aliphatic imine (C=N–C) groups is 1. The second kappa shape index (κ2) is 5.16. The molecule has 1 aliphatic heterocycles. The Morgan fingerprint density at radius 3 is 3.00 bits per heavy atom. The summed E-state index contributed by atoms with van der Waals surface area (Å²) in [5.74, 6) is 3.13. The molecule has 2 heterocycles. The van der Waals surface area contributed by atoms with Crippen LogP contribution in [0.3, 0.4) is 0 Å². The minimum absolute atomic E-state index is 0.553. The zero-order valence-corrected chi connectivity index (χ0v) is 11.3. The van der Waals surface area contributed by atoms with Gasteiger partial charge >= 0.3 is 0 Å². The van der Waals surface area contributed by atoms with E-state index in [4.69, 9.17) is 5.73 Å². The van der Waals surface area contributed by atoms with Gasteiger partial charge in [-0.3, -0.25) is 4.99 Å². The largest absolute Gasteiger partial charge is 0.383 e. The molecule has 92 valence electrons. The molecule has 6 heteroatoms. The molecule has 0 bridgehead atoms. The first-order valence-electron chi connectivity index (χ1n) is 5.64. The van der Waals surface area contributed by atoms with Crippen molar-refractivity contribution in [3.8, 4) is 0 Å². The lowest BCUT2D eigenvalue weighted by atomic mass is 10.2. The Hall–Kier alpha value is -1.27. The number of nitrogens with zero attached hydrogens (tertiary/aromatic N) is 3. The number of anilines is 1. The highest BCUT2D eigenvalue weighted by Crippen LogP contribution is 2.25. The first kappa shape index (κ1) is 11.8. The van der Waals surface area contributed by atoms with Gasteiger partial charge in [0.2, 0.25) is 0 Å². The number of fused-ring (bicyclic) bond motifs is 1. The van der Waals surface area contributed by atoms with Crippen LogP contribution in [0.15, 0.2) is 29.3 Å². The molecule has 0 amide bonds. The molecule has 0 fully saturated rings. The molecule has 1 aromatic carbocycles. The topological polar surface area (TPSA) is 64.2 Å². The highest BCUT2D eigenvalue weighted by molar-refractivity contribution is 8.38. The van der Waals surface area contributed by atoms with Gasteiger partial charge in [-0.25, -0.2) is 9.97 Å². The number of hydrogen-bond donors (Lipinski definition) is 1. The predicted octanol–water partition coefficient (Wildman–Crippen LogP) is 2.55. The number of para-hydroxylation sites is 1. The minimum atomic E-state index is 0.553. The van der Waals surface area contributed by atoms with E-state index in [9.17, 15) is 0 Å². The van der Waals surface area contributed by atoms with Crippen LogP contribution in [0.2, 0.25) is 0 Å². The third-order valence-corrected chi connectivity index (χ3v) is 4.81. The van der Waals surface area contributed by atoms with Crippen LogP contribution in [0, 0.1) is 0 Å². The molecule has 0 saturated heterocycles. The van der Waals surface area contributed by atoms with Gasteiger partial charge in [0, 0.05) is 11.1 Å². The summed E-state index contributed by atoms with van der Waals surface area (Å²) in [5.41, 5.74) is 6.85. The van der Waals surface area contributed by atoms with Crippen LogP contribution in [0.25, 0.3) is 10.9 Å². The molecule has 1 aliphatic rings. The second-order valence-corrected chi connectivity index (χ2v) is 6.13. The lowest BCUT2D eigenvalue weighted by Gasteiger charge is -2.04. The van der Waals surface area contributed by atoms with E-state index in [0.717, 1.165) is 39.2 Å². The van der Waals surface area contributed by atoms with Crippen LogP contribution < -0.4 is 5.73 Å². The van der Waals surface area contributed by atoms with Crippen LogP contribution in [-0.2, 0) is 5.75 Å². The van der Waals surface area contributed by atoms with Gasteiger partial charge in [-0.05, 0) is 12.1 Å². The summed E-state index contributed by atoms with van der Waals surface area (Å²) < 4.78 is 1.13. The average molecular weight is 276 g/mol. The molecule has 2 N–H and O–H groups in total. The van der Waals surface area contributed by atoms with Crippen LogP contribution in [-0.4, -0.2) is 26.6 Å². The SMILES string of the molecule is Nc1nc(CSC2=NCCS2)nc2ccccc12. The lowest BCUT2D eigenvalue weighted by molar-refractivity contribution is 1.08. The van der Waals surface area contributed by atoms with Crippen molar-refractivity contribution in [2.24, 2.45) is 4.99 Å². The standard InChI is InChI=1S/C12H12N4S2/c13-11-8-3-1-2-4-9(8)15-10(16-11)7-18-12-14-5-6-17-12/h1-4H,5-7H2,(H2,13,15,16). The molecule has 2 aromatic rings. The molecule has 0 unspecified atom stereocenters. The van der Waals surface area contributed by atoms with Crippen LogP contribution in [0.4, 0.5) is 5.82 Å². The van der Waals surface area contributed by atoms with Crippen molar-refractivity contribution in [2.45, 2.75) is 5.75 Å². The van der Waals surface area contributed by atoms with E-state index >= 15 is 0 Å². The predicted molar refractivity (Wildman–Crippen MR) is 80.0 cm³/mol. The number of rotatable bonds is 2. The smallest absolute Gasteiger partial charge is 0.141 e. The Bertz CT molecular complexity index is 612. The minimum Gasteiger partial charge on any atom is -0.383 e. The molecular formula is C12H12N4S2. The highest BCUT2D eigenvalue weighted by Gasteiger charge is 2.10. The van der Waals surface area contributed by atoms with E-state index in [1.165, 1.54) is 0 Å². The third-order valence-electron chi connectivity index (χ3n) is 2.56. The number of aromatic nitrogens is 2.